The molecule has 2 rings (SSSR count). The predicted molar refractivity (Wildman–Crippen MR) is 43.1 cm³/mol. The fourth-order valence-corrected chi connectivity index (χ4v) is 2.68. The molecule has 1 nitrogen and oxygen atoms in total. The Bertz CT molecular complexity index is 123. The Hall–Kier alpha value is -0.0400. The summed E-state index contributed by atoms with van der Waals surface area (Å²) in [6.07, 6.45) is 7.43. The highest BCUT2D eigenvalue weighted by molar-refractivity contribution is 5.01. The van der Waals surface area contributed by atoms with Crippen LogP contribution in [0.15, 0.2) is 0 Å². The van der Waals surface area contributed by atoms with E-state index in [1.807, 2.05) is 0 Å². The van der Waals surface area contributed by atoms with E-state index in [1.165, 1.54) is 45.2 Å². The van der Waals surface area contributed by atoms with Gasteiger partial charge in [-0.2, -0.15) is 0 Å². The van der Waals surface area contributed by atoms with E-state index in [2.05, 4.69) is 11.8 Å². The molecule has 1 saturated heterocycles. The van der Waals surface area contributed by atoms with Crippen molar-refractivity contribution in [2.24, 2.45) is 0 Å². The number of hydrogen-bond donors (Lipinski definition) is 0. The summed E-state index contributed by atoms with van der Waals surface area (Å²) in [6, 6.07) is 0. The SMILES string of the molecule is CCN1CCC12CCCC2. The molecule has 58 valence electrons. The zero-order valence-electron chi connectivity index (χ0n) is 6.90. The van der Waals surface area contributed by atoms with Crippen LogP contribution in [-0.2, 0) is 0 Å². The molecule has 0 unspecified atom stereocenters. The molecule has 2 aliphatic rings. The zero-order valence-corrected chi connectivity index (χ0v) is 6.90. The van der Waals surface area contributed by atoms with Crippen molar-refractivity contribution in [3.8, 4) is 0 Å². The van der Waals surface area contributed by atoms with Gasteiger partial charge in [-0.15, -0.1) is 0 Å². The Morgan fingerprint density at radius 2 is 1.90 bits per heavy atom. The fourth-order valence-electron chi connectivity index (χ4n) is 2.68. The van der Waals surface area contributed by atoms with Crippen LogP contribution in [0.25, 0.3) is 0 Å². The van der Waals surface area contributed by atoms with Gasteiger partial charge in [0.05, 0.1) is 0 Å². The predicted octanol–water partition coefficient (Wildman–Crippen LogP) is 2.02. The fraction of sp³-hybridized carbons (Fsp3) is 1.00. The van der Waals surface area contributed by atoms with Crippen molar-refractivity contribution < 1.29 is 0 Å². The van der Waals surface area contributed by atoms with Gasteiger partial charge in [-0.05, 0) is 25.8 Å². The van der Waals surface area contributed by atoms with Gasteiger partial charge in [0.25, 0.3) is 0 Å². The van der Waals surface area contributed by atoms with Crippen LogP contribution in [0.5, 0.6) is 0 Å². The molecule has 0 N–H and O–H groups in total. The van der Waals surface area contributed by atoms with Crippen molar-refractivity contribution in [1.82, 2.24) is 4.90 Å². The van der Waals surface area contributed by atoms with E-state index in [1.54, 1.807) is 0 Å². The van der Waals surface area contributed by atoms with Crippen LogP contribution < -0.4 is 0 Å². The van der Waals surface area contributed by atoms with Crippen LogP contribution in [0.3, 0.4) is 0 Å². The Morgan fingerprint density at radius 3 is 2.30 bits per heavy atom. The smallest absolute Gasteiger partial charge is 0.0221 e. The molecule has 0 amide bonds. The highest BCUT2D eigenvalue weighted by Crippen LogP contribution is 2.43. The molecule has 2 fully saturated rings. The molecule has 0 aromatic heterocycles. The third-order valence-electron chi connectivity index (χ3n) is 3.43. The van der Waals surface area contributed by atoms with Crippen molar-refractivity contribution >= 4 is 0 Å². The van der Waals surface area contributed by atoms with Crippen LogP contribution in [0.2, 0.25) is 0 Å². The lowest BCUT2D eigenvalue weighted by molar-refractivity contribution is -0.00393. The third-order valence-corrected chi connectivity index (χ3v) is 3.43. The topological polar surface area (TPSA) is 3.24 Å². The molecule has 1 aliphatic heterocycles. The maximum Gasteiger partial charge on any atom is 0.0221 e. The minimum Gasteiger partial charge on any atom is -0.298 e. The first-order valence-corrected chi connectivity index (χ1v) is 4.62. The van der Waals surface area contributed by atoms with Crippen LogP contribution in [0, 0.1) is 0 Å². The minimum absolute atomic E-state index is 0.717. The molecule has 1 spiro atoms. The van der Waals surface area contributed by atoms with Gasteiger partial charge in [0.15, 0.2) is 0 Å². The molecule has 1 aliphatic carbocycles. The molecule has 0 aromatic carbocycles. The van der Waals surface area contributed by atoms with E-state index in [-0.39, 0.29) is 0 Å². The van der Waals surface area contributed by atoms with E-state index >= 15 is 0 Å². The van der Waals surface area contributed by atoms with Gasteiger partial charge in [0.1, 0.15) is 0 Å². The van der Waals surface area contributed by atoms with Crippen LogP contribution in [0.4, 0.5) is 0 Å². The van der Waals surface area contributed by atoms with Crippen LogP contribution >= 0.6 is 0 Å². The Morgan fingerprint density at radius 1 is 1.20 bits per heavy atom. The molecule has 0 atom stereocenters. The maximum atomic E-state index is 2.67. The third kappa shape index (κ3) is 0.731. The Labute approximate surface area is 63.4 Å². The maximum absolute atomic E-state index is 2.67. The molecule has 1 saturated carbocycles. The van der Waals surface area contributed by atoms with Gasteiger partial charge >= 0.3 is 0 Å². The van der Waals surface area contributed by atoms with E-state index in [9.17, 15) is 0 Å². The lowest BCUT2D eigenvalue weighted by Gasteiger charge is -2.50. The molecule has 1 heterocycles. The summed E-state index contributed by atoms with van der Waals surface area (Å²) in [6.45, 7) is 4.94. The second kappa shape index (κ2) is 2.23. The number of nitrogens with zero attached hydrogens (tertiary/aromatic N) is 1. The average molecular weight is 139 g/mol. The summed E-state index contributed by atoms with van der Waals surface area (Å²) in [5.41, 5.74) is 0.717. The normalized spacial score (nSPS) is 30.9. The lowest BCUT2D eigenvalue weighted by atomic mass is 9.83. The zero-order chi connectivity index (χ0) is 7.03. The van der Waals surface area contributed by atoms with Crippen molar-refractivity contribution in [3.05, 3.63) is 0 Å². The van der Waals surface area contributed by atoms with E-state index in [0.29, 0.717) is 0 Å². The van der Waals surface area contributed by atoms with Gasteiger partial charge in [-0.1, -0.05) is 19.8 Å². The first-order valence-electron chi connectivity index (χ1n) is 4.62. The van der Waals surface area contributed by atoms with Gasteiger partial charge in [-0.3, -0.25) is 4.90 Å². The Kier molecular flexibility index (Phi) is 1.48. The van der Waals surface area contributed by atoms with E-state index < -0.39 is 0 Å². The highest BCUT2D eigenvalue weighted by Gasteiger charge is 2.44. The second-order valence-electron chi connectivity index (χ2n) is 3.76. The molecule has 0 bridgehead atoms. The van der Waals surface area contributed by atoms with Crippen LogP contribution in [0.1, 0.15) is 39.0 Å². The summed E-state index contributed by atoms with van der Waals surface area (Å²) in [4.78, 5) is 2.67. The molecule has 0 radical (unpaired) electrons. The molecular weight excluding hydrogens is 122 g/mol. The van der Waals surface area contributed by atoms with Crippen molar-refractivity contribution in [1.29, 1.82) is 0 Å². The first-order chi connectivity index (χ1) is 4.87. The molecule has 0 aromatic rings. The molecule has 10 heavy (non-hydrogen) atoms. The second-order valence-corrected chi connectivity index (χ2v) is 3.76. The van der Waals surface area contributed by atoms with Gasteiger partial charge in [0.2, 0.25) is 0 Å². The number of likely N-dealkylation sites (tertiary alicyclic amines) is 1. The molecule has 1 heteroatoms. The standard InChI is InChI=1S/C9H17N/c1-2-10-8-7-9(10)5-3-4-6-9/h2-8H2,1H3. The summed E-state index contributed by atoms with van der Waals surface area (Å²) < 4.78 is 0. The van der Waals surface area contributed by atoms with Crippen LogP contribution in [-0.4, -0.2) is 23.5 Å². The summed E-state index contributed by atoms with van der Waals surface area (Å²) in [7, 11) is 0. The summed E-state index contributed by atoms with van der Waals surface area (Å²) >= 11 is 0. The quantitative estimate of drug-likeness (QED) is 0.537. The monoisotopic (exact) mass is 139 g/mol. The molecular formula is C9H17N. The lowest BCUT2D eigenvalue weighted by Crippen LogP contribution is -2.57. The van der Waals surface area contributed by atoms with Crippen molar-refractivity contribution in [3.63, 3.8) is 0 Å². The van der Waals surface area contributed by atoms with Crippen molar-refractivity contribution in [2.45, 2.75) is 44.6 Å². The van der Waals surface area contributed by atoms with E-state index in [4.69, 9.17) is 0 Å². The number of hydrogen-bond acceptors (Lipinski definition) is 1. The Balaban J connectivity index is 2.01. The summed E-state index contributed by atoms with van der Waals surface area (Å²) in [5, 5.41) is 0. The first kappa shape index (κ1) is 6.66. The average Bonchev–Trinajstić information content (AvgIpc) is 2.35. The highest BCUT2D eigenvalue weighted by atomic mass is 15.3. The number of rotatable bonds is 1. The minimum atomic E-state index is 0.717. The van der Waals surface area contributed by atoms with Gasteiger partial charge < -0.3 is 0 Å². The van der Waals surface area contributed by atoms with Crippen molar-refractivity contribution in [2.75, 3.05) is 13.1 Å². The van der Waals surface area contributed by atoms with E-state index in [0.717, 1.165) is 5.54 Å². The van der Waals surface area contributed by atoms with Gasteiger partial charge in [0, 0.05) is 12.1 Å². The summed E-state index contributed by atoms with van der Waals surface area (Å²) in [5.74, 6) is 0. The van der Waals surface area contributed by atoms with Gasteiger partial charge in [-0.25, -0.2) is 0 Å². The largest absolute Gasteiger partial charge is 0.298 e.